The predicted octanol–water partition coefficient (Wildman–Crippen LogP) is 5.53. The molecule has 182 valence electrons. The van der Waals surface area contributed by atoms with Gasteiger partial charge in [-0.25, -0.2) is 0 Å². The van der Waals surface area contributed by atoms with Crippen LogP contribution in [-0.2, 0) is 0 Å². The van der Waals surface area contributed by atoms with Gasteiger partial charge in [-0.3, -0.25) is 14.6 Å². The molecule has 2 N–H and O–H groups in total. The molecule has 1 aromatic heterocycles. The Kier molecular flexibility index (Phi) is 7.87. The second kappa shape index (κ2) is 11.4. The number of aromatic nitrogens is 1. The molecule has 0 saturated heterocycles. The number of amides is 2. The first kappa shape index (κ1) is 24.8. The van der Waals surface area contributed by atoms with Crippen molar-refractivity contribution >= 4 is 29.3 Å². The molecule has 7 nitrogen and oxygen atoms in total. The molecule has 36 heavy (non-hydrogen) atoms. The summed E-state index contributed by atoms with van der Waals surface area (Å²) in [6.07, 6.45) is 1.63. The van der Waals surface area contributed by atoms with Gasteiger partial charge in [-0.15, -0.1) is 0 Å². The highest BCUT2D eigenvalue weighted by molar-refractivity contribution is 7.99. The third-order valence-corrected chi connectivity index (χ3v) is 6.40. The number of hydrogen-bond acceptors (Lipinski definition) is 6. The normalized spacial score (nSPS) is 10.4. The van der Waals surface area contributed by atoms with Crippen LogP contribution in [0.3, 0.4) is 0 Å². The summed E-state index contributed by atoms with van der Waals surface area (Å²) in [7, 11) is 4.77. The van der Waals surface area contributed by atoms with Crippen LogP contribution in [0, 0.1) is 0 Å². The van der Waals surface area contributed by atoms with Crippen molar-refractivity contribution in [2.24, 2.45) is 0 Å². The van der Waals surface area contributed by atoms with Crippen molar-refractivity contribution in [3.63, 3.8) is 0 Å². The lowest BCUT2D eigenvalue weighted by atomic mass is 10.0. The molecular weight excluding hydrogens is 474 g/mol. The Hall–Kier alpha value is -4.30. The van der Waals surface area contributed by atoms with Crippen LogP contribution in [0.1, 0.15) is 20.8 Å². The van der Waals surface area contributed by atoms with Crippen molar-refractivity contribution in [2.75, 3.05) is 26.6 Å². The number of hydrogen-bond donors (Lipinski definition) is 2. The van der Waals surface area contributed by atoms with Gasteiger partial charge in [0.2, 0.25) is 0 Å². The number of pyridine rings is 1. The van der Waals surface area contributed by atoms with Crippen LogP contribution in [-0.4, -0.2) is 38.1 Å². The van der Waals surface area contributed by atoms with Gasteiger partial charge in [-0.1, -0.05) is 23.9 Å². The molecule has 3 aromatic carbocycles. The first-order valence-corrected chi connectivity index (χ1v) is 11.9. The minimum atomic E-state index is -0.219. The van der Waals surface area contributed by atoms with Crippen LogP contribution in [0.15, 0.2) is 94.9 Å². The van der Waals surface area contributed by atoms with Crippen molar-refractivity contribution in [1.29, 1.82) is 0 Å². The Morgan fingerprint density at radius 2 is 1.56 bits per heavy atom. The molecule has 0 atom stereocenters. The van der Waals surface area contributed by atoms with E-state index in [1.807, 2.05) is 42.5 Å². The SMILES string of the molecule is CNC(=O)c1cc(Sc2ccc(-c3ccc(NC(=O)c4ccc(OC)cc4)cc3OC)cc2)ccn1. The van der Waals surface area contributed by atoms with E-state index in [1.165, 1.54) is 0 Å². The average molecular weight is 500 g/mol. The van der Waals surface area contributed by atoms with Crippen LogP contribution < -0.4 is 20.1 Å². The molecule has 0 unspecified atom stereocenters. The zero-order valence-electron chi connectivity index (χ0n) is 20.1. The molecule has 4 aromatic rings. The molecule has 4 rings (SSSR count). The molecular formula is C28H25N3O4S. The van der Waals surface area contributed by atoms with Crippen molar-refractivity contribution in [1.82, 2.24) is 10.3 Å². The summed E-state index contributed by atoms with van der Waals surface area (Å²) in [6, 6.07) is 24.2. The number of nitrogens with zero attached hydrogens (tertiary/aromatic N) is 1. The van der Waals surface area contributed by atoms with E-state index in [0.29, 0.717) is 28.4 Å². The lowest BCUT2D eigenvalue weighted by Crippen LogP contribution is -2.18. The number of nitrogens with one attached hydrogen (secondary N) is 2. The zero-order valence-corrected chi connectivity index (χ0v) is 20.9. The topological polar surface area (TPSA) is 89.6 Å². The van der Waals surface area contributed by atoms with Crippen LogP contribution in [0.25, 0.3) is 11.1 Å². The summed E-state index contributed by atoms with van der Waals surface area (Å²) in [5.74, 6) is 0.900. The molecule has 0 fully saturated rings. The van der Waals surface area contributed by atoms with Gasteiger partial charge < -0.3 is 20.1 Å². The Bertz CT molecular complexity index is 1370. The van der Waals surface area contributed by atoms with E-state index in [1.54, 1.807) is 75.6 Å². The van der Waals surface area contributed by atoms with E-state index in [2.05, 4.69) is 15.6 Å². The van der Waals surface area contributed by atoms with Crippen LogP contribution in [0.4, 0.5) is 5.69 Å². The third kappa shape index (κ3) is 5.84. The van der Waals surface area contributed by atoms with E-state index in [-0.39, 0.29) is 11.8 Å². The van der Waals surface area contributed by atoms with Crippen molar-refractivity contribution in [3.8, 4) is 22.6 Å². The Morgan fingerprint density at radius 3 is 2.22 bits per heavy atom. The highest BCUT2D eigenvalue weighted by atomic mass is 32.2. The first-order chi connectivity index (χ1) is 17.5. The fourth-order valence-electron chi connectivity index (χ4n) is 3.52. The van der Waals surface area contributed by atoms with E-state index < -0.39 is 0 Å². The maximum Gasteiger partial charge on any atom is 0.269 e. The summed E-state index contributed by atoms with van der Waals surface area (Å²) in [5, 5.41) is 5.49. The number of methoxy groups -OCH3 is 2. The van der Waals surface area contributed by atoms with Crippen LogP contribution in [0.2, 0.25) is 0 Å². The molecule has 0 aliphatic rings. The zero-order chi connectivity index (χ0) is 25.5. The smallest absolute Gasteiger partial charge is 0.269 e. The van der Waals surface area contributed by atoms with Crippen molar-refractivity contribution in [3.05, 3.63) is 96.3 Å². The first-order valence-electron chi connectivity index (χ1n) is 11.1. The Labute approximate surface area is 213 Å². The average Bonchev–Trinajstić information content (AvgIpc) is 2.93. The molecule has 0 bridgehead atoms. The molecule has 0 saturated carbocycles. The number of benzene rings is 3. The summed E-state index contributed by atoms with van der Waals surface area (Å²) < 4.78 is 10.8. The van der Waals surface area contributed by atoms with Gasteiger partial charge in [0.25, 0.3) is 11.8 Å². The third-order valence-electron chi connectivity index (χ3n) is 5.40. The number of anilines is 1. The van der Waals surface area contributed by atoms with Gasteiger partial charge >= 0.3 is 0 Å². The van der Waals surface area contributed by atoms with Crippen LogP contribution in [0.5, 0.6) is 11.5 Å². The summed E-state index contributed by atoms with van der Waals surface area (Å²) in [6.45, 7) is 0. The van der Waals surface area contributed by atoms with Crippen LogP contribution >= 0.6 is 11.8 Å². The predicted molar refractivity (Wildman–Crippen MR) is 141 cm³/mol. The van der Waals surface area contributed by atoms with E-state index >= 15 is 0 Å². The van der Waals surface area contributed by atoms with Crippen molar-refractivity contribution in [2.45, 2.75) is 9.79 Å². The molecule has 8 heteroatoms. The Morgan fingerprint density at radius 1 is 0.806 bits per heavy atom. The molecule has 2 amide bonds. The van der Waals surface area contributed by atoms with E-state index in [9.17, 15) is 9.59 Å². The summed E-state index contributed by atoms with van der Waals surface area (Å²) in [5.41, 5.74) is 3.42. The highest BCUT2D eigenvalue weighted by Crippen LogP contribution is 2.35. The minimum absolute atomic E-state index is 0.218. The van der Waals surface area contributed by atoms with Gasteiger partial charge in [-0.2, -0.15) is 0 Å². The number of carbonyl (C=O) groups excluding carboxylic acids is 2. The maximum atomic E-state index is 12.6. The van der Waals surface area contributed by atoms with Gasteiger partial charge in [0.05, 0.1) is 14.2 Å². The fraction of sp³-hybridized carbons (Fsp3) is 0.107. The van der Waals surface area contributed by atoms with Gasteiger partial charge in [0, 0.05) is 45.9 Å². The summed E-state index contributed by atoms with van der Waals surface area (Å²) >= 11 is 1.55. The lowest BCUT2D eigenvalue weighted by Gasteiger charge is -2.13. The monoisotopic (exact) mass is 499 g/mol. The largest absolute Gasteiger partial charge is 0.497 e. The van der Waals surface area contributed by atoms with E-state index in [4.69, 9.17) is 9.47 Å². The molecule has 0 radical (unpaired) electrons. The molecule has 1 heterocycles. The second-order valence-electron chi connectivity index (χ2n) is 7.68. The van der Waals surface area contributed by atoms with Gasteiger partial charge in [0.15, 0.2) is 0 Å². The van der Waals surface area contributed by atoms with Gasteiger partial charge in [0.1, 0.15) is 17.2 Å². The molecule has 0 spiro atoms. The number of carbonyl (C=O) groups is 2. The Balaban J connectivity index is 1.48. The molecule has 0 aliphatic carbocycles. The minimum Gasteiger partial charge on any atom is -0.497 e. The number of ether oxygens (including phenoxy) is 2. The number of rotatable bonds is 8. The fourth-order valence-corrected chi connectivity index (χ4v) is 4.36. The van der Waals surface area contributed by atoms with Gasteiger partial charge in [-0.05, 0) is 66.2 Å². The standard InChI is InChI=1S/C28H25N3O4S/c1-29-28(33)25-17-23(14-15-30-25)36-22-11-6-18(7-12-22)24-13-8-20(16-26(24)35-3)31-27(32)19-4-9-21(34-2)10-5-19/h4-17H,1-3H3,(H,29,33)(H,31,32). The highest BCUT2D eigenvalue weighted by Gasteiger charge is 2.12. The van der Waals surface area contributed by atoms with E-state index in [0.717, 1.165) is 20.9 Å². The van der Waals surface area contributed by atoms with Crippen molar-refractivity contribution < 1.29 is 19.1 Å². The lowest BCUT2D eigenvalue weighted by molar-refractivity contribution is 0.0957. The maximum absolute atomic E-state index is 12.6. The summed E-state index contributed by atoms with van der Waals surface area (Å²) in [4.78, 5) is 30.5. The molecule has 0 aliphatic heterocycles. The quantitative estimate of drug-likeness (QED) is 0.331. The second-order valence-corrected chi connectivity index (χ2v) is 8.83.